The Morgan fingerprint density at radius 1 is 1.14 bits per heavy atom. The summed E-state index contributed by atoms with van der Waals surface area (Å²) in [4.78, 5) is 22.8. The van der Waals surface area contributed by atoms with E-state index in [1.165, 1.54) is 31.3 Å². The van der Waals surface area contributed by atoms with Crippen molar-refractivity contribution < 1.29 is 14.3 Å². The van der Waals surface area contributed by atoms with Crippen molar-refractivity contribution >= 4 is 35.5 Å². The number of hydrogen-bond donors (Lipinski definition) is 2. The second-order valence-corrected chi connectivity index (χ2v) is 7.16. The summed E-state index contributed by atoms with van der Waals surface area (Å²) in [7, 11) is 0. The molecule has 0 radical (unpaired) electrons. The Bertz CT molecular complexity index is 305. The number of thioether (sulfide) groups is 2. The summed E-state index contributed by atoms with van der Waals surface area (Å²) in [6.07, 6.45) is 6.56. The predicted octanol–water partition coefficient (Wildman–Crippen LogP) is 3.24. The first-order valence-electron chi connectivity index (χ1n) is 7.88. The third-order valence-corrected chi connectivity index (χ3v) is 4.70. The lowest BCUT2D eigenvalue weighted by Gasteiger charge is -2.18. The standard InChI is InChI=1S/C15H30N2O3S2/c1-4-10-22-11-7-5-6-9-16-15(19)17-14(8-12-21-3)20-13(2)18/h14H,4-12H2,1-3H3,(H2,16,17,19). The van der Waals surface area contributed by atoms with Crippen LogP contribution in [-0.4, -0.2) is 48.3 Å². The molecule has 1 unspecified atom stereocenters. The van der Waals surface area contributed by atoms with Crippen LogP contribution in [0, 0.1) is 0 Å². The normalized spacial score (nSPS) is 11.8. The Morgan fingerprint density at radius 2 is 1.91 bits per heavy atom. The second-order valence-electron chi connectivity index (χ2n) is 4.95. The molecule has 0 heterocycles. The number of esters is 1. The quantitative estimate of drug-likeness (QED) is 0.303. The van der Waals surface area contributed by atoms with Crippen LogP contribution in [-0.2, 0) is 9.53 Å². The molecule has 22 heavy (non-hydrogen) atoms. The van der Waals surface area contributed by atoms with E-state index in [1.54, 1.807) is 11.8 Å². The molecule has 0 aliphatic rings. The summed E-state index contributed by atoms with van der Waals surface area (Å²) in [5.74, 6) is 2.88. The van der Waals surface area contributed by atoms with Gasteiger partial charge in [0.25, 0.3) is 0 Å². The van der Waals surface area contributed by atoms with Crippen molar-refractivity contribution in [3.8, 4) is 0 Å². The number of ether oxygens (including phenoxy) is 1. The van der Waals surface area contributed by atoms with E-state index in [0.717, 1.165) is 18.6 Å². The average molecular weight is 351 g/mol. The van der Waals surface area contributed by atoms with Crippen LogP contribution < -0.4 is 10.6 Å². The molecule has 0 saturated carbocycles. The van der Waals surface area contributed by atoms with Gasteiger partial charge in [-0.05, 0) is 42.8 Å². The van der Waals surface area contributed by atoms with Crippen molar-refractivity contribution in [2.45, 2.75) is 52.2 Å². The number of hydrogen-bond acceptors (Lipinski definition) is 5. The van der Waals surface area contributed by atoms with E-state index < -0.39 is 6.23 Å². The van der Waals surface area contributed by atoms with Crippen LogP contribution in [0.3, 0.4) is 0 Å². The highest BCUT2D eigenvalue weighted by Crippen LogP contribution is 2.07. The van der Waals surface area contributed by atoms with Crippen molar-refractivity contribution in [3.05, 3.63) is 0 Å². The monoisotopic (exact) mass is 350 g/mol. The minimum atomic E-state index is -0.546. The Balaban J connectivity index is 3.69. The van der Waals surface area contributed by atoms with Gasteiger partial charge in [-0.3, -0.25) is 4.79 Å². The van der Waals surface area contributed by atoms with E-state index in [-0.39, 0.29) is 12.0 Å². The first-order valence-corrected chi connectivity index (χ1v) is 10.4. The summed E-state index contributed by atoms with van der Waals surface area (Å²) >= 11 is 3.64. The Morgan fingerprint density at radius 3 is 2.55 bits per heavy atom. The topological polar surface area (TPSA) is 67.4 Å². The van der Waals surface area contributed by atoms with Crippen LogP contribution in [0.4, 0.5) is 4.79 Å². The molecule has 2 amide bonds. The van der Waals surface area contributed by atoms with Gasteiger partial charge < -0.3 is 15.4 Å². The van der Waals surface area contributed by atoms with Gasteiger partial charge in [0.2, 0.25) is 0 Å². The highest BCUT2D eigenvalue weighted by molar-refractivity contribution is 7.99. The Hall–Kier alpha value is -0.560. The lowest BCUT2D eigenvalue weighted by atomic mass is 10.2. The molecule has 1 atom stereocenters. The van der Waals surface area contributed by atoms with Gasteiger partial charge >= 0.3 is 12.0 Å². The smallest absolute Gasteiger partial charge is 0.317 e. The molecule has 0 aliphatic heterocycles. The van der Waals surface area contributed by atoms with Crippen LogP contribution in [0.5, 0.6) is 0 Å². The summed E-state index contributed by atoms with van der Waals surface area (Å²) < 4.78 is 5.08. The van der Waals surface area contributed by atoms with Gasteiger partial charge in [0.1, 0.15) is 0 Å². The van der Waals surface area contributed by atoms with Crippen LogP contribution in [0.25, 0.3) is 0 Å². The van der Waals surface area contributed by atoms with E-state index >= 15 is 0 Å². The van der Waals surface area contributed by atoms with Gasteiger partial charge in [0, 0.05) is 19.9 Å². The number of urea groups is 1. The average Bonchev–Trinajstić information content (AvgIpc) is 2.47. The van der Waals surface area contributed by atoms with E-state index in [0.29, 0.717) is 13.0 Å². The van der Waals surface area contributed by atoms with Gasteiger partial charge in [-0.2, -0.15) is 23.5 Å². The summed E-state index contributed by atoms with van der Waals surface area (Å²) in [6, 6.07) is -0.271. The SMILES string of the molecule is CCCSCCCCCNC(=O)NC(CCSC)OC(C)=O. The predicted molar refractivity (Wildman–Crippen MR) is 96.6 cm³/mol. The second kappa shape index (κ2) is 15.3. The fourth-order valence-electron chi connectivity index (χ4n) is 1.74. The van der Waals surface area contributed by atoms with Crippen molar-refractivity contribution in [3.63, 3.8) is 0 Å². The maximum absolute atomic E-state index is 11.7. The van der Waals surface area contributed by atoms with Crippen LogP contribution in [0.1, 0.15) is 46.0 Å². The van der Waals surface area contributed by atoms with Crippen LogP contribution in [0.15, 0.2) is 0 Å². The fourth-order valence-corrected chi connectivity index (χ4v) is 3.09. The van der Waals surface area contributed by atoms with Crippen molar-refractivity contribution in [1.29, 1.82) is 0 Å². The number of nitrogens with one attached hydrogen (secondary N) is 2. The van der Waals surface area contributed by atoms with Gasteiger partial charge in [-0.25, -0.2) is 4.79 Å². The summed E-state index contributed by atoms with van der Waals surface area (Å²) in [5, 5.41) is 5.50. The molecule has 0 aromatic rings. The number of rotatable bonds is 13. The van der Waals surface area contributed by atoms with Crippen LogP contribution >= 0.6 is 23.5 Å². The molecule has 5 nitrogen and oxygen atoms in total. The van der Waals surface area contributed by atoms with Gasteiger partial charge in [-0.15, -0.1) is 0 Å². The molecule has 0 bridgehead atoms. The minimum Gasteiger partial charge on any atom is -0.442 e. The zero-order chi connectivity index (χ0) is 16.6. The van der Waals surface area contributed by atoms with Crippen molar-refractivity contribution in [1.82, 2.24) is 10.6 Å². The first kappa shape index (κ1) is 21.4. The van der Waals surface area contributed by atoms with E-state index in [9.17, 15) is 9.59 Å². The van der Waals surface area contributed by atoms with Gasteiger partial charge in [-0.1, -0.05) is 13.3 Å². The largest absolute Gasteiger partial charge is 0.442 e. The molecule has 0 saturated heterocycles. The van der Waals surface area contributed by atoms with Gasteiger partial charge in [0.15, 0.2) is 6.23 Å². The molecule has 0 fully saturated rings. The third-order valence-electron chi connectivity index (χ3n) is 2.78. The molecule has 7 heteroatoms. The fraction of sp³-hybridized carbons (Fsp3) is 0.867. The number of carbonyl (C=O) groups is 2. The molecule has 2 N–H and O–H groups in total. The maximum Gasteiger partial charge on any atom is 0.317 e. The molecular weight excluding hydrogens is 320 g/mol. The first-order chi connectivity index (χ1) is 10.6. The summed E-state index contributed by atoms with van der Waals surface area (Å²) in [5.41, 5.74) is 0. The zero-order valence-corrected chi connectivity index (χ0v) is 15.6. The number of carbonyl (C=O) groups excluding carboxylic acids is 2. The molecular formula is C15H30N2O3S2. The summed E-state index contributed by atoms with van der Waals surface area (Å²) in [6.45, 7) is 4.19. The van der Waals surface area contributed by atoms with Crippen molar-refractivity contribution in [2.24, 2.45) is 0 Å². The molecule has 0 spiro atoms. The van der Waals surface area contributed by atoms with Crippen molar-refractivity contribution in [2.75, 3.05) is 30.1 Å². The molecule has 130 valence electrons. The van der Waals surface area contributed by atoms with Gasteiger partial charge in [0.05, 0.1) is 0 Å². The van der Waals surface area contributed by atoms with E-state index in [4.69, 9.17) is 4.74 Å². The minimum absolute atomic E-state index is 0.271. The highest BCUT2D eigenvalue weighted by Gasteiger charge is 2.14. The third kappa shape index (κ3) is 14.4. The molecule has 0 aromatic carbocycles. The zero-order valence-electron chi connectivity index (χ0n) is 14.0. The van der Waals surface area contributed by atoms with E-state index in [1.807, 2.05) is 18.0 Å². The highest BCUT2D eigenvalue weighted by atomic mass is 32.2. The molecule has 0 aliphatic carbocycles. The maximum atomic E-state index is 11.7. The number of unbranched alkanes of at least 4 members (excludes halogenated alkanes) is 2. The lowest BCUT2D eigenvalue weighted by Crippen LogP contribution is -2.44. The van der Waals surface area contributed by atoms with Crippen LogP contribution in [0.2, 0.25) is 0 Å². The number of amides is 2. The Kier molecular flexibility index (Phi) is 14.9. The molecule has 0 aromatic heterocycles. The molecule has 0 rings (SSSR count). The lowest BCUT2D eigenvalue weighted by molar-refractivity contribution is -0.147. The Labute approximate surface area is 143 Å². The van der Waals surface area contributed by atoms with E-state index in [2.05, 4.69) is 17.6 Å².